The molecule has 6 heteroatoms. The van der Waals surface area contributed by atoms with E-state index in [9.17, 15) is 9.59 Å². The summed E-state index contributed by atoms with van der Waals surface area (Å²) in [7, 11) is 1.77. The number of aromatic carboxylic acids is 1. The summed E-state index contributed by atoms with van der Waals surface area (Å²) in [5, 5.41) is 9.15. The van der Waals surface area contributed by atoms with Crippen molar-refractivity contribution in [1.82, 2.24) is 9.80 Å². The maximum Gasteiger partial charge on any atom is 0.335 e. The third-order valence-electron chi connectivity index (χ3n) is 3.57. The Labute approximate surface area is 128 Å². The van der Waals surface area contributed by atoms with Crippen molar-refractivity contribution >= 4 is 23.8 Å². The summed E-state index contributed by atoms with van der Waals surface area (Å²) >= 11 is 1.87. The van der Waals surface area contributed by atoms with E-state index in [4.69, 9.17) is 5.11 Å². The number of carbonyl (C=O) groups is 2. The van der Waals surface area contributed by atoms with Gasteiger partial charge in [-0.1, -0.05) is 18.2 Å². The first-order valence-corrected chi connectivity index (χ1v) is 8.14. The van der Waals surface area contributed by atoms with Crippen LogP contribution in [-0.2, 0) is 6.42 Å². The van der Waals surface area contributed by atoms with E-state index in [1.165, 1.54) is 0 Å². The van der Waals surface area contributed by atoms with Crippen LogP contribution < -0.4 is 0 Å². The molecule has 1 aliphatic rings. The largest absolute Gasteiger partial charge is 0.478 e. The molecule has 21 heavy (non-hydrogen) atoms. The maximum atomic E-state index is 12.3. The number of carbonyl (C=O) groups excluding carboxylic acids is 1. The number of rotatable bonds is 4. The Morgan fingerprint density at radius 2 is 1.95 bits per heavy atom. The van der Waals surface area contributed by atoms with Gasteiger partial charge in [0.1, 0.15) is 0 Å². The molecule has 1 aromatic carbocycles. The first kappa shape index (κ1) is 15.7. The summed E-state index contributed by atoms with van der Waals surface area (Å²) in [6.07, 6.45) is 0.549. The molecule has 0 saturated carbocycles. The van der Waals surface area contributed by atoms with Gasteiger partial charge in [0.25, 0.3) is 0 Å². The lowest BCUT2D eigenvalue weighted by Gasteiger charge is -2.30. The van der Waals surface area contributed by atoms with E-state index in [2.05, 4.69) is 0 Å². The Kier molecular flexibility index (Phi) is 5.50. The second kappa shape index (κ2) is 7.36. The first-order chi connectivity index (χ1) is 10.1. The molecule has 0 aliphatic carbocycles. The summed E-state index contributed by atoms with van der Waals surface area (Å²) in [6, 6.07) is 6.97. The molecule has 1 fully saturated rings. The molecule has 0 radical (unpaired) electrons. The number of nitrogens with zero attached hydrogens (tertiary/aromatic N) is 2. The van der Waals surface area contributed by atoms with E-state index in [1.807, 2.05) is 22.7 Å². The van der Waals surface area contributed by atoms with Gasteiger partial charge in [-0.05, 0) is 18.1 Å². The van der Waals surface area contributed by atoms with Crippen LogP contribution in [0.3, 0.4) is 0 Å². The Morgan fingerprint density at radius 3 is 2.62 bits per heavy atom. The standard InChI is InChI=1S/C15H20N2O3S/c1-16(15(20)17-8-10-21-11-9-17)7-6-12-4-2-3-5-13(12)14(18)19/h2-5H,6-11H2,1H3,(H,18,19). The van der Waals surface area contributed by atoms with E-state index in [0.29, 0.717) is 18.5 Å². The van der Waals surface area contributed by atoms with Crippen molar-refractivity contribution in [3.8, 4) is 0 Å². The molecule has 1 aromatic rings. The number of hydrogen-bond acceptors (Lipinski definition) is 3. The Balaban J connectivity index is 1.93. The van der Waals surface area contributed by atoms with Crippen molar-refractivity contribution in [2.45, 2.75) is 6.42 Å². The maximum absolute atomic E-state index is 12.3. The number of thioether (sulfide) groups is 1. The minimum atomic E-state index is -0.923. The van der Waals surface area contributed by atoms with Crippen LogP contribution in [0.2, 0.25) is 0 Å². The average Bonchev–Trinajstić information content (AvgIpc) is 2.52. The minimum Gasteiger partial charge on any atom is -0.478 e. The summed E-state index contributed by atoms with van der Waals surface area (Å²) in [5.74, 6) is 1.05. The highest BCUT2D eigenvalue weighted by molar-refractivity contribution is 7.99. The highest BCUT2D eigenvalue weighted by atomic mass is 32.2. The zero-order valence-corrected chi connectivity index (χ0v) is 12.9. The van der Waals surface area contributed by atoms with Gasteiger partial charge in [-0.25, -0.2) is 9.59 Å². The lowest BCUT2D eigenvalue weighted by Crippen LogP contribution is -2.45. The molecule has 114 valence electrons. The van der Waals surface area contributed by atoms with E-state index in [0.717, 1.165) is 30.2 Å². The van der Waals surface area contributed by atoms with Crippen LogP contribution >= 0.6 is 11.8 Å². The molecule has 0 bridgehead atoms. The van der Waals surface area contributed by atoms with Crippen LogP contribution in [0, 0.1) is 0 Å². The Bertz CT molecular complexity index is 515. The van der Waals surface area contributed by atoms with Gasteiger partial charge >= 0.3 is 12.0 Å². The number of likely N-dealkylation sites (N-methyl/N-ethyl adjacent to an activating group) is 1. The highest BCUT2D eigenvalue weighted by Gasteiger charge is 2.20. The number of urea groups is 1. The van der Waals surface area contributed by atoms with Crippen molar-refractivity contribution in [1.29, 1.82) is 0 Å². The van der Waals surface area contributed by atoms with Crippen molar-refractivity contribution in [2.24, 2.45) is 0 Å². The third kappa shape index (κ3) is 4.14. The van der Waals surface area contributed by atoms with Gasteiger partial charge in [0.15, 0.2) is 0 Å². The third-order valence-corrected chi connectivity index (χ3v) is 4.51. The van der Waals surface area contributed by atoms with Gasteiger partial charge in [-0.15, -0.1) is 0 Å². The fourth-order valence-corrected chi connectivity index (χ4v) is 3.23. The van der Waals surface area contributed by atoms with E-state index >= 15 is 0 Å². The van der Waals surface area contributed by atoms with Gasteiger partial charge in [0.2, 0.25) is 0 Å². The quantitative estimate of drug-likeness (QED) is 0.924. The molecular formula is C15H20N2O3S. The molecule has 2 amide bonds. The molecule has 0 aromatic heterocycles. The monoisotopic (exact) mass is 308 g/mol. The van der Waals surface area contributed by atoms with Gasteiger partial charge in [0.05, 0.1) is 5.56 Å². The summed E-state index contributed by atoms with van der Waals surface area (Å²) in [6.45, 7) is 2.10. The van der Waals surface area contributed by atoms with Gasteiger partial charge in [-0.3, -0.25) is 0 Å². The molecule has 0 unspecified atom stereocenters. The molecule has 1 saturated heterocycles. The SMILES string of the molecule is CN(CCc1ccccc1C(=O)O)C(=O)N1CCSCC1. The normalized spacial score (nSPS) is 14.8. The molecular weight excluding hydrogens is 288 g/mol. The number of hydrogen-bond donors (Lipinski definition) is 1. The smallest absolute Gasteiger partial charge is 0.335 e. The lowest BCUT2D eigenvalue weighted by molar-refractivity contribution is 0.0695. The van der Waals surface area contributed by atoms with Crippen LogP contribution in [0.5, 0.6) is 0 Å². The first-order valence-electron chi connectivity index (χ1n) is 6.98. The Hall–Kier alpha value is -1.69. The molecule has 0 spiro atoms. The number of amides is 2. The van der Waals surface area contributed by atoms with Crippen LogP contribution in [0.4, 0.5) is 4.79 Å². The Morgan fingerprint density at radius 1 is 1.29 bits per heavy atom. The van der Waals surface area contributed by atoms with Crippen molar-refractivity contribution in [3.63, 3.8) is 0 Å². The van der Waals surface area contributed by atoms with E-state index in [-0.39, 0.29) is 6.03 Å². The van der Waals surface area contributed by atoms with E-state index in [1.54, 1.807) is 30.1 Å². The molecule has 1 N–H and O–H groups in total. The lowest BCUT2D eigenvalue weighted by atomic mass is 10.0. The predicted octanol–water partition coefficient (Wildman–Crippen LogP) is 2.03. The second-order valence-corrected chi connectivity index (χ2v) is 6.24. The number of carboxylic acid groups (broad SMARTS) is 1. The second-order valence-electron chi connectivity index (χ2n) is 5.02. The summed E-state index contributed by atoms with van der Waals surface area (Å²) < 4.78 is 0. The zero-order valence-electron chi connectivity index (χ0n) is 12.1. The van der Waals surface area contributed by atoms with Crippen molar-refractivity contribution in [2.75, 3.05) is 38.2 Å². The van der Waals surface area contributed by atoms with Crippen LogP contribution in [0.15, 0.2) is 24.3 Å². The van der Waals surface area contributed by atoms with Crippen molar-refractivity contribution in [3.05, 3.63) is 35.4 Å². The average molecular weight is 308 g/mol. The van der Waals surface area contributed by atoms with Crippen LogP contribution in [0.1, 0.15) is 15.9 Å². The number of benzene rings is 1. The van der Waals surface area contributed by atoms with Gasteiger partial charge < -0.3 is 14.9 Å². The van der Waals surface area contributed by atoms with Crippen LogP contribution in [0.25, 0.3) is 0 Å². The fourth-order valence-electron chi connectivity index (χ4n) is 2.33. The van der Waals surface area contributed by atoms with Gasteiger partial charge in [-0.2, -0.15) is 11.8 Å². The topological polar surface area (TPSA) is 60.9 Å². The summed E-state index contributed by atoms with van der Waals surface area (Å²) in [4.78, 5) is 27.0. The number of carboxylic acids is 1. The molecule has 2 rings (SSSR count). The van der Waals surface area contributed by atoms with Crippen molar-refractivity contribution < 1.29 is 14.7 Å². The molecule has 1 heterocycles. The molecule has 1 aliphatic heterocycles. The van der Waals surface area contributed by atoms with Crippen LogP contribution in [-0.4, -0.2) is 65.1 Å². The highest BCUT2D eigenvalue weighted by Crippen LogP contribution is 2.13. The predicted molar refractivity (Wildman–Crippen MR) is 84.0 cm³/mol. The summed E-state index contributed by atoms with van der Waals surface area (Å²) in [5.41, 5.74) is 1.08. The zero-order chi connectivity index (χ0) is 15.2. The fraction of sp³-hybridized carbons (Fsp3) is 0.467. The van der Waals surface area contributed by atoms with E-state index < -0.39 is 5.97 Å². The minimum absolute atomic E-state index is 0.0307. The molecule has 5 nitrogen and oxygen atoms in total. The molecule has 0 atom stereocenters. The van der Waals surface area contributed by atoms with Gasteiger partial charge in [0, 0.05) is 38.2 Å².